The van der Waals surface area contributed by atoms with Crippen LogP contribution in [0.2, 0.25) is 0 Å². The molecule has 1 amide bonds. The zero-order valence-corrected chi connectivity index (χ0v) is 16.2. The normalized spacial score (nSPS) is 24.4. The second-order valence-corrected chi connectivity index (χ2v) is 8.04. The number of alkyl halides is 3. The summed E-state index contributed by atoms with van der Waals surface area (Å²) in [6.45, 7) is 4.03. The van der Waals surface area contributed by atoms with Crippen LogP contribution >= 0.6 is 0 Å². The SMILES string of the molecule is CC1(C)OCC2C[C@H]([C@H](Nc3ccccc3)c3ccccc3C(F)(F)F)C(=O)N21. The summed E-state index contributed by atoms with van der Waals surface area (Å²) < 4.78 is 46.9. The minimum atomic E-state index is -4.51. The number of amides is 1. The predicted octanol–water partition coefficient (Wildman–Crippen LogP) is 4.84. The molecule has 2 aliphatic heterocycles. The Balaban J connectivity index is 1.76. The summed E-state index contributed by atoms with van der Waals surface area (Å²) in [4.78, 5) is 15.0. The average molecular weight is 404 g/mol. The molecule has 29 heavy (non-hydrogen) atoms. The number of halogens is 3. The fourth-order valence-electron chi connectivity index (χ4n) is 4.49. The number of para-hydroxylation sites is 1. The van der Waals surface area contributed by atoms with E-state index in [0.717, 1.165) is 6.07 Å². The molecule has 7 heteroatoms. The predicted molar refractivity (Wildman–Crippen MR) is 103 cm³/mol. The number of nitrogens with zero attached hydrogens (tertiary/aromatic N) is 1. The van der Waals surface area contributed by atoms with Gasteiger partial charge in [0.15, 0.2) is 0 Å². The highest BCUT2D eigenvalue weighted by molar-refractivity contribution is 5.84. The number of hydrogen-bond donors (Lipinski definition) is 1. The lowest BCUT2D eigenvalue weighted by atomic mass is 9.87. The Morgan fingerprint density at radius 2 is 1.76 bits per heavy atom. The first kappa shape index (κ1) is 19.8. The summed E-state index contributed by atoms with van der Waals surface area (Å²) in [5.74, 6) is -0.796. The van der Waals surface area contributed by atoms with Gasteiger partial charge in [-0.3, -0.25) is 4.79 Å². The fourth-order valence-corrected chi connectivity index (χ4v) is 4.49. The van der Waals surface area contributed by atoms with Gasteiger partial charge < -0.3 is 15.0 Å². The van der Waals surface area contributed by atoms with Gasteiger partial charge in [-0.2, -0.15) is 13.2 Å². The minimum Gasteiger partial charge on any atom is -0.377 e. The third-order valence-corrected chi connectivity index (χ3v) is 5.75. The summed E-state index contributed by atoms with van der Waals surface area (Å²) in [6.07, 6.45) is -4.06. The number of nitrogens with one attached hydrogen (secondary N) is 1. The van der Waals surface area contributed by atoms with E-state index in [1.54, 1.807) is 35.2 Å². The van der Waals surface area contributed by atoms with Gasteiger partial charge in [-0.15, -0.1) is 0 Å². The molecule has 0 spiro atoms. The van der Waals surface area contributed by atoms with Gasteiger partial charge in [-0.1, -0.05) is 36.4 Å². The summed E-state index contributed by atoms with van der Waals surface area (Å²) in [5, 5.41) is 3.21. The third-order valence-electron chi connectivity index (χ3n) is 5.75. The zero-order chi connectivity index (χ0) is 20.8. The maximum Gasteiger partial charge on any atom is 0.416 e. The Morgan fingerprint density at radius 1 is 1.10 bits per heavy atom. The molecule has 2 heterocycles. The molecule has 0 aliphatic carbocycles. The van der Waals surface area contributed by atoms with Gasteiger partial charge in [-0.05, 0) is 44.0 Å². The molecule has 0 bridgehead atoms. The molecule has 2 aliphatic rings. The topological polar surface area (TPSA) is 41.6 Å². The van der Waals surface area contributed by atoms with E-state index in [2.05, 4.69) is 5.32 Å². The highest BCUT2D eigenvalue weighted by Gasteiger charge is 2.54. The van der Waals surface area contributed by atoms with Crippen molar-refractivity contribution in [1.29, 1.82) is 0 Å². The minimum absolute atomic E-state index is 0.0853. The summed E-state index contributed by atoms with van der Waals surface area (Å²) in [5.41, 5.74) is -0.715. The fraction of sp³-hybridized carbons (Fsp3) is 0.409. The van der Waals surface area contributed by atoms with Crippen molar-refractivity contribution in [3.63, 3.8) is 0 Å². The number of ether oxygens (including phenoxy) is 1. The second kappa shape index (κ2) is 7.06. The Labute approximate surface area is 167 Å². The molecule has 154 valence electrons. The lowest BCUT2D eigenvalue weighted by molar-refractivity contribution is -0.146. The molecule has 2 fully saturated rings. The van der Waals surface area contributed by atoms with Gasteiger partial charge in [0.2, 0.25) is 5.91 Å². The van der Waals surface area contributed by atoms with Crippen LogP contribution in [0, 0.1) is 5.92 Å². The lowest BCUT2D eigenvalue weighted by Crippen LogP contribution is -2.45. The summed E-state index contributed by atoms with van der Waals surface area (Å²) in [6, 6.07) is 13.6. The summed E-state index contributed by atoms with van der Waals surface area (Å²) in [7, 11) is 0. The first-order chi connectivity index (χ1) is 13.7. The molecular formula is C22H23F3N2O2. The molecule has 4 rings (SSSR count). The van der Waals surface area contributed by atoms with E-state index >= 15 is 0 Å². The highest BCUT2D eigenvalue weighted by atomic mass is 19.4. The van der Waals surface area contributed by atoms with Gasteiger partial charge >= 0.3 is 6.18 Å². The van der Waals surface area contributed by atoms with Crippen molar-refractivity contribution in [2.24, 2.45) is 5.92 Å². The molecule has 0 aromatic heterocycles. The Kier molecular flexibility index (Phi) is 4.81. The lowest BCUT2D eigenvalue weighted by Gasteiger charge is -2.32. The van der Waals surface area contributed by atoms with Crippen molar-refractivity contribution < 1.29 is 22.7 Å². The molecule has 1 unspecified atom stereocenters. The summed E-state index contributed by atoms with van der Waals surface area (Å²) >= 11 is 0. The van der Waals surface area contributed by atoms with Crippen LogP contribution in [0.4, 0.5) is 18.9 Å². The number of fused-ring (bicyclic) bond motifs is 1. The van der Waals surface area contributed by atoms with E-state index in [0.29, 0.717) is 18.7 Å². The maximum atomic E-state index is 13.7. The molecule has 2 aromatic rings. The molecule has 0 saturated carbocycles. The van der Waals surface area contributed by atoms with Crippen LogP contribution in [0.5, 0.6) is 0 Å². The monoisotopic (exact) mass is 404 g/mol. The van der Waals surface area contributed by atoms with Crippen LogP contribution in [-0.4, -0.2) is 29.2 Å². The van der Waals surface area contributed by atoms with Crippen LogP contribution in [-0.2, 0) is 15.7 Å². The van der Waals surface area contributed by atoms with Crippen molar-refractivity contribution in [2.45, 2.75) is 44.3 Å². The van der Waals surface area contributed by atoms with Crippen LogP contribution in [0.15, 0.2) is 54.6 Å². The molecular weight excluding hydrogens is 381 g/mol. The van der Waals surface area contributed by atoms with E-state index in [1.165, 1.54) is 12.1 Å². The molecule has 0 radical (unpaired) electrons. The number of hydrogen-bond acceptors (Lipinski definition) is 3. The first-order valence-electron chi connectivity index (χ1n) is 9.63. The van der Waals surface area contributed by atoms with E-state index in [4.69, 9.17) is 4.74 Å². The molecule has 1 N–H and O–H groups in total. The van der Waals surface area contributed by atoms with Crippen LogP contribution in [0.1, 0.15) is 37.4 Å². The second-order valence-electron chi connectivity index (χ2n) is 8.04. The van der Waals surface area contributed by atoms with E-state index in [1.807, 2.05) is 19.9 Å². The van der Waals surface area contributed by atoms with Crippen LogP contribution < -0.4 is 5.32 Å². The molecule has 3 atom stereocenters. The maximum absolute atomic E-state index is 13.7. The highest BCUT2D eigenvalue weighted by Crippen LogP contribution is 2.45. The Bertz CT molecular complexity index is 898. The standard InChI is InChI=1S/C22H23F3N2O2/c1-21(2)27-15(13-29-21)12-17(20(27)28)19(26-14-8-4-3-5-9-14)16-10-6-7-11-18(16)22(23,24)25/h3-11,15,17,19,26H,12-13H2,1-2H3/t15?,17-,19-/m1/s1. The van der Waals surface area contributed by atoms with Crippen molar-refractivity contribution in [2.75, 3.05) is 11.9 Å². The number of benzene rings is 2. The molecule has 2 aromatic carbocycles. The Morgan fingerprint density at radius 3 is 2.41 bits per heavy atom. The van der Waals surface area contributed by atoms with Crippen molar-refractivity contribution in [3.05, 3.63) is 65.7 Å². The van der Waals surface area contributed by atoms with Gasteiger partial charge in [-0.25, -0.2) is 0 Å². The van der Waals surface area contributed by atoms with Crippen molar-refractivity contribution >= 4 is 11.6 Å². The number of anilines is 1. The van der Waals surface area contributed by atoms with Crippen LogP contribution in [0.3, 0.4) is 0 Å². The van der Waals surface area contributed by atoms with E-state index in [9.17, 15) is 18.0 Å². The van der Waals surface area contributed by atoms with E-state index in [-0.39, 0.29) is 17.5 Å². The third kappa shape index (κ3) is 3.59. The van der Waals surface area contributed by atoms with Crippen LogP contribution in [0.25, 0.3) is 0 Å². The van der Waals surface area contributed by atoms with Crippen molar-refractivity contribution in [1.82, 2.24) is 4.90 Å². The zero-order valence-electron chi connectivity index (χ0n) is 16.2. The first-order valence-corrected chi connectivity index (χ1v) is 9.63. The van der Waals surface area contributed by atoms with Gasteiger partial charge in [0.25, 0.3) is 0 Å². The number of carbonyl (C=O) groups excluding carboxylic acids is 1. The van der Waals surface area contributed by atoms with Gasteiger partial charge in [0, 0.05) is 5.69 Å². The number of carbonyl (C=O) groups is 1. The van der Waals surface area contributed by atoms with Crippen molar-refractivity contribution in [3.8, 4) is 0 Å². The largest absolute Gasteiger partial charge is 0.416 e. The smallest absolute Gasteiger partial charge is 0.377 e. The Hall–Kier alpha value is -2.54. The number of rotatable bonds is 4. The van der Waals surface area contributed by atoms with E-state index < -0.39 is 29.4 Å². The molecule has 4 nitrogen and oxygen atoms in total. The molecule has 2 saturated heterocycles. The average Bonchev–Trinajstić information content (AvgIpc) is 3.17. The quantitative estimate of drug-likeness (QED) is 0.793. The van der Waals surface area contributed by atoms with Gasteiger partial charge in [0.05, 0.1) is 30.2 Å². The van der Waals surface area contributed by atoms with Gasteiger partial charge in [0.1, 0.15) is 5.72 Å².